The Kier molecular flexibility index (Phi) is 6.42. The topological polar surface area (TPSA) is 73.5 Å². The molecule has 1 fully saturated rings. The highest BCUT2D eigenvalue weighted by atomic mass is 35.5. The summed E-state index contributed by atoms with van der Waals surface area (Å²) in [7, 11) is 0. The van der Waals surface area contributed by atoms with E-state index in [0.29, 0.717) is 21.4 Å². The van der Waals surface area contributed by atoms with Gasteiger partial charge in [0.05, 0.1) is 10.7 Å². The summed E-state index contributed by atoms with van der Waals surface area (Å²) in [6.07, 6.45) is 3.67. The van der Waals surface area contributed by atoms with E-state index in [1.807, 2.05) is 12.1 Å². The quantitative estimate of drug-likeness (QED) is 0.528. The van der Waals surface area contributed by atoms with Crippen molar-refractivity contribution in [2.75, 3.05) is 28.7 Å². The summed E-state index contributed by atoms with van der Waals surface area (Å²) in [5.74, 6) is -1.61. The van der Waals surface area contributed by atoms with E-state index in [2.05, 4.69) is 21.1 Å². The van der Waals surface area contributed by atoms with Crippen molar-refractivity contribution >= 4 is 52.1 Å². The molecule has 6 nitrogen and oxygen atoms in total. The van der Waals surface area contributed by atoms with Crippen LogP contribution in [-0.4, -0.2) is 24.9 Å². The molecule has 0 bridgehead atoms. The van der Waals surface area contributed by atoms with Gasteiger partial charge in [-0.1, -0.05) is 23.2 Å². The number of piperidine rings is 1. The Morgan fingerprint density at radius 3 is 2.26 bits per heavy atom. The van der Waals surface area contributed by atoms with Crippen LogP contribution < -0.4 is 21.1 Å². The summed E-state index contributed by atoms with van der Waals surface area (Å²) in [5.41, 5.74) is 7.02. The second-order valence-corrected chi connectivity index (χ2v) is 7.10. The average Bonchev–Trinajstić information content (AvgIpc) is 2.68. The van der Waals surface area contributed by atoms with E-state index in [-0.39, 0.29) is 0 Å². The average molecular weight is 407 g/mol. The first-order valence-electron chi connectivity index (χ1n) is 8.70. The van der Waals surface area contributed by atoms with Crippen LogP contribution >= 0.6 is 23.2 Å². The van der Waals surface area contributed by atoms with Gasteiger partial charge in [-0.15, -0.1) is 0 Å². The van der Waals surface area contributed by atoms with Crippen molar-refractivity contribution in [2.24, 2.45) is 0 Å². The molecule has 142 valence electrons. The van der Waals surface area contributed by atoms with Crippen LogP contribution in [0.1, 0.15) is 19.3 Å². The largest absolute Gasteiger partial charge is 0.372 e. The number of carbonyl (C=O) groups is 2. The Morgan fingerprint density at radius 2 is 1.59 bits per heavy atom. The highest BCUT2D eigenvalue weighted by Gasteiger charge is 2.15. The summed E-state index contributed by atoms with van der Waals surface area (Å²) in [6, 6.07) is 12.2. The van der Waals surface area contributed by atoms with Crippen molar-refractivity contribution in [3.8, 4) is 0 Å². The molecule has 2 amide bonds. The molecule has 2 aromatic carbocycles. The van der Waals surface area contributed by atoms with Gasteiger partial charge in [-0.05, 0) is 61.7 Å². The SMILES string of the molecule is O=C(NNc1ccc(Cl)cc1Cl)C(=O)Nc1ccc(N2CCCCC2)cc1. The number of hydrogen-bond donors (Lipinski definition) is 3. The predicted molar refractivity (Wildman–Crippen MR) is 109 cm³/mol. The number of rotatable bonds is 4. The van der Waals surface area contributed by atoms with Crippen molar-refractivity contribution in [1.82, 2.24) is 5.43 Å². The normalized spacial score (nSPS) is 13.8. The minimum atomic E-state index is -0.832. The summed E-state index contributed by atoms with van der Waals surface area (Å²) in [5, 5.41) is 3.37. The predicted octanol–water partition coefficient (Wildman–Crippen LogP) is 4.07. The molecule has 0 saturated carbocycles. The Balaban J connectivity index is 1.52. The van der Waals surface area contributed by atoms with E-state index in [9.17, 15) is 9.59 Å². The molecule has 27 heavy (non-hydrogen) atoms. The number of hydrazine groups is 1. The summed E-state index contributed by atoms with van der Waals surface area (Å²) < 4.78 is 0. The zero-order valence-electron chi connectivity index (χ0n) is 14.6. The van der Waals surface area contributed by atoms with E-state index in [1.54, 1.807) is 24.3 Å². The molecule has 1 heterocycles. The third-order valence-corrected chi connectivity index (χ3v) is 4.84. The molecule has 0 radical (unpaired) electrons. The van der Waals surface area contributed by atoms with Crippen LogP contribution in [0.2, 0.25) is 10.0 Å². The number of hydrogen-bond acceptors (Lipinski definition) is 4. The highest BCUT2D eigenvalue weighted by Crippen LogP contribution is 2.24. The van der Waals surface area contributed by atoms with Crippen LogP contribution in [0.15, 0.2) is 42.5 Å². The van der Waals surface area contributed by atoms with Crippen LogP contribution in [0.5, 0.6) is 0 Å². The monoisotopic (exact) mass is 406 g/mol. The van der Waals surface area contributed by atoms with Crippen molar-refractivity contribution in [3.63, 3.8) is 0 Å². The van der Waals surface area contributed by atoms with E-state index in [1.165, 1.54) is 25.3 Å². The molecule has 0 atom stereocenters. The lowest BCUT2D eigenvalue weighted by Crippen LogP contribution is -2.38. The lowest BCUT2D eigenvalue weighted by Gasteiger charge is -2.28. The van der Waals surface area contributed by atoms with Gasteiger partial charge in [0, 0.05) is 29.5 Å². The second kappa shape index (κ2) is 8.97. The summed E-state index contributed by atoms with van der Waals surface area (Å²) in [4.78, 5) is 26.3. The van der Waals surface area contributed by atoms with E-state index in [4.69, 9.17) is 23.2 Å². The fourth-order valence-electron chi connectivity index (χ4n) is 2.87. The number of nitrogens with one attached hydrogen (secondary N) is 3. The Hall–Kier alpha value is -2.44. The smallest absolute Gasteiger partial charge is 0.327 e. The van der Waals surface area contributed by atoms with E-state index in [0.717, 1.165) is 18.8 Å². The van der Waals surface area contributed by atoms with Crippen LogP contribution in [0.4, 0.5) is 17.1 Å². The first kappa shape index (κ1) is 19.3. The number of anilines is 3. The molecule has 3 rings (SSSR count). The van der Waals surface area contributed by atoms with Gasteiger partial charge in [-0.2, -0.15) is 0 Å². The number of carbonyl (C=O) groups excluding carboxylic acids is 2. The number of benzene rings is 2. The summed E-state index contributed by atoms with van der Waals surface area (Å²) in [6.45, 7) is 2.10. The van der Waals surface area contributed by atoms with Gasteiger partial charge in [0.15, 0.2) is 0 Å². The molecule has 3 N–H and O–H groups in total. The Labute approximate surface area is 167 Å². The van der Waals surface area contributed by atoms with Crippen LogP contribution in [-0.2, 0) is 9.59 Å². The van der Waals surface area contributed by atoms with Gasteiger partial charge in [0.2, 0.25) is 0 Å². The Bertz CT molecular complexity index is 821. The van der Waals surface area contributed by atoms with Crippen LogP contribution in [0, 0.1) is 0 Å². The lowest BCUT2D eigenvalue weighted by atomic mass is 10.1. The van der Waals surface area contributed by atoms with Crippen LogP contribution in [0.3, 0.4) is 0 Å². The molecule has 0 spiro atoms. The second-order valence-electron chi connectivity index (χ2n) is 6.25. The molecular weight excluding hydrogens is 387 g/mol. The van der Waals surface area contributed by atoms with Crippen LogP contribution in [0.25, 0.3) is 0 Å². The summed E-state index contributed by atoms with van der Waals surface area (Å²) >= 11 is 11.8. The number of nitrogens with zero attached hydrogens (tertiary/aromatic N) is 1. The lowest BCUT2D eigenvalue weighted by molar-refractivity contribution is -0.135. The van der Waals surface area contributed by atoms with Gasteiger partial charge in [-0.3, -0.25) is 20.4 Å². The molecular formula is C19H20Cl2N4O2. The van der Waals surface area contributed by atoms with Crippen molar-refractivity contribution in [3.05, 3.63) is 52.5 Å². The minimum absolute atomic E-state index is 0.330. The molecule has 8 heteroatoms. The molecule has 0 aromatic heterocycles. The van der Waals surface area contributed by atoms with E-state index < -0.39 is 11.8 Å². The molecule has 1 aliphatic rings. The standard InChI is InChI=1S/C19H20Cl2N4O2/c20-13-4-9-17(16(21)12-13)23-24-19(27)18(26)22-14-5-7-15(8-6-14)25-10-2-1-3-11-25/h4-9,12,23H,1-3,10-11H2,(H,22,26)(H,24,27). The number of halogens is 2. The fourth-order valence-corrected chi connectivity index (χ4v) is 3.32. The third kappa shape index (κ3) is 5.28. The Morgan fingerprint density at radius 1 is 0.889 bits per heavy atom. The maximum absolute atomic E-state index is 12.0. The molecule has 0 aliphatic carbocycles. The number of amides is 2. The first-order chi connectivity index (χ1) is 13.0. The van der Waals surface area contributed by atoms with Gasteiger partial charge < -0.3 is 10.2 Å². The minimum Gasteiger partial charge on any atom is -0.372 e. The maximum Gasteiger partial charge on any atom is 0.327 e. The maximum atomic E-state index is 12.0. The molecule has 1 saturated heterocycles. The van der Waals surface area contributed by atoms with Gasteiger partial charge >= 0.3 is 11.8 Å². The zero-order valence-corrected chi connectivity index (χ0v) is 16.1. The molecule has 1 aliphatic heterocycles. The van der Waals surface area contributed by atoms with Gasteiger partial charge in [0.25, 0.3) is 0 Å². The van der Waals surface area contributed by atoms with Crippen molar-refractivity contribution in [2.45, 2.75) is 19.3 Å². The van der Waals surface area contributed by atoms with Crippen molar-refractivity contribution in [1.29, 1.82) is 0 Å². The first-order valence-corrected chi connectivity index (χ1v) is 9.46. The third-order valence-electron chi connectivity index (χ3n) is 4.29. The highest BCUT2D eigenvalue weighted by molar-refractivity contribution is 6.40. The van der Waals surface area contributed by atoms with Crippen molar-refractivity contribution < 1.29 is 9.59 Å². The van der Waals surface area contributed by atoms with Gasteiger partial charge in [-0.25, -0.2) is 0 Å². The van der Waals surface area contributed by atoms with E-state index >= 15 is 0 Å². The fraction of sp³-hybridized carbons (Fsp3) is 0.263. The van der Waals surface area contributed by atoms with Gasteiger partial charge in [0.1, 0.15) is 0 Å². The zero-order chi connectivity index (χ0) is 19.2. The molecule has 0 unspecified atom stereocenters. The molecule has 2 aromatic rings.